The highest BCUT2D eigenvalue weighted by Gasteiger charge is 2.24. The van der Waals surface area contributed by atoms with E-state index in [1.165, 1.54) is 6.07 Å². The summed E-state index contributed by atoms with van der Waals surface area (Å²) in [5.74, 6) is -1.71. The second-order valence-corrected chi connectivity index (χ2v) is 5.08. The Morgan fingerprint density at radius 3 is 2.59 bits per heavy atom. The first kappa shape index (κ1) is 12.2. The normalized spacial score (nSPS) is 12.3. The monoisotopic (exact) mass is 256 g/mol. The van der Waals surface area contributed by atoms with E-state index in [0.29, 0.717) is 10.3 Å². The molecule has 0 aliphatic carbocycles. The molecule has 17 heavy (non-hydrogen) atoms. The molecule has 0 radical (unpaired) electrons. The Kier molecular flexibility index (Phi) is 2.81. The lowest BCUT2D eigenvalue weighted by Gasteiger charge is -2.25. The van der Waals surface area contributed by atoms with Crippen LogP contribution in [0.1, 0.15) is 27.2 Å². The van der Waals surface area contributed by atoms with Crippen molar-refractivity contribution >= 4 is 23.3 Å². The van der Waals surface area contributed by atoms with Crippen molar-refractivity contribution in [2.24, 2.45) is 0 Å². The fraction of sp³-hybridized carbons (Fsp3) is 0.417. The summed E-state index contributed by atoms with van der Waals surface area (Å²) in [5.41, 5.74) is 0.376. The molecule has 0 atom stereocenters. The van der Waals surface area contributed by atoms with Crippen LogP contribution in [0, 0.1) is 16.4 Å². The molecule has 1 aromatic heterocycles. The van der Waals surface area contributed by atoms with Crippen LogP contribution in [0.2, 0.25) is 0 Å². The first-order chi connectivity index (χ1) is 7.88. The van der Waals surface area contributed by atoms with Gasteiger partial charge in [0.1, 0.15) is 5.52 Å². The number of aromatic amines is 1. The average Bonchev–Trinajstić information content (AvgIpc) is 2.61. The maximum atomic E-state index is 13.9. The van der Waals surface area contributed by atoms with Crippen LogP contribution in [0.3, 0.4) is 0 Å². The number of nitrogens with one attached hydrogen (secondary N) is 1. The summed E-state index contributed by atoms with van der Waals surface area (Å²) < 4.78 is 29.2. The zero-order valence-corrected chi connectivity index (χ0v) is 10.8. The second-order valence-electron chi connectivity index (χ2n) is 4.69. The standard InChI is InChI=1S/C12H14F2N2S/c1-4-12(2,3)16-10-8(15-11(16)17)6-5-7(13)9(10)14/h5-6H,4H2,1-3H3,(H,15,17). The van der Waals surface area contributed by atoms with Gasteiger partial charge in [0, 0.05) is 5.54 Å². The van der Waals surface area contributed by atoms with Crippen molar-refractivity contribution in [3.05, 3.63) is 28.5 Å². The van der Waals surface area contributed by atoms with Crippen LogP contribution in [0.15, 0.2) is 12.1 Å². The molecule has 0 fully saturated rings. The van der Waals surface area contributed by atoms with Gasteiger partial charge in [-0.3, -0.25) is 0 Å². The van der Waals surface area contributed by atoms with E-state index in [-0.39, 0.29) is 11.1 Å². The Hall–Kier alpha value is -1.23. The number of nitrogens with zero attached hydrogens (tertiary/aromatic N) is 1. The van der Waals surface area contributed by atoms with Crippen molar-refractivity contribution in [1.29, 1.82) is 0 Å². The molecule has 0 spiro atoms. The summed E-state index contributed by atoms with van der Waals surface area (Å²) in [5, 5.41) is 0. The Morgan fingerprint density at radius 1 is 1.35 bits per heavy atom. The lowest BCUT2D eigenvalue weighted by molar-refractivity contribution is 0.344. The van der Waals surface area contributed by atoms with Crippen molar-refractivity contribution in [3.63, 3.8) is 0 Å². The minimum atomic E-state index is -0.854. The van der Waals surface area contributed by atoms with Gasteiger partial charge in [-0.2, -0.15) is 0 Å². The van der Waals surface area contributed by atoms with E-state index in [4.69, 9.17) is 12.2 Å². The topological polar surface area (TPSA) is 20.7 Å². The van der Waals surface area contributed by atoms with Crippen molar-refractivity contribution in [2.45, 2.75) is 32.7 Å². The summed E-state index contributed by atoms with van der Waals surface area (Å²) in [6.07, 6.45) is 0.768. The number of hydrogen-bond acceptors (Lipinski definition) is 1. The quantitative estimate of drug-likeness (QED) is 0.801. The van der Waals surface area contributed by atoms with Gasteiger partial charge in [0.05, 0.1) is 5.52 Å². The number of imidazole rings is 1. The SMILES string of the molecule is CCC(C)(C)n1c(=S)[nH]c2ccc(F)c(F)c21. The molecule has 5 heteroatoms. The van der Waals surface area contributed by atoms with E-state index in [9.17, 15) is 8.78 Å². The molecule has 2 aromatic rings. The number of aromatic nitrogens is 2. The number of rotatable bonds is 2. The highest BCUT2D eigenvalue weighted by atomic mass is 32.1. The Balaban J connectivity index is 2.93. The van der Waals surface area contributed by atoms with Crippen LogP contribution in [0.25, 0.3) is 11.0 Å². The fourth-order valence-corrected chi connectivity index (χ4v) is 2.32. The van der Waals surface area contributed by atoms with Gasteiger partial charge in [-0.15, -0.1) is 0 Å². The van der Waals surface area contributed by atoms with Gasteiger partial charge >= 0.3 is 0 Å². The maximum Gasteiger partial charge on any atom is 0.184 e. The molecule has 1 aromatic carbocycles. The summed E-state index contributed by atoms with van der Waals surface area (Å²) in [6, 6.07) is 2.61. The van der Waals surface area contributed by atoms with E-state index >= 15 is 0 Å². The van der Waals surface area contributed by atoms with E-state index in [1.807, 2.05) is 20.8 Å². The molecule has 1 N–H and O–H groups in total. The second kappa shape index (κ2) is 3.91. The van der Waals surface area contributed by atoms with Gasteiger partial charge in [-0.25, -0.2) is 8.78 Å². The Bertz CT molecular complexity index is 625. The summed E-state index contributed by atoms with van der Waals surface area (Å²) >= 11 is 5.19. The Labute approximate surface area is 103 Å². The molecule has 2 rings (SSSR count). The molecule has 92 valence electrons. The van der Waals surface area contributed by atoms with E-state index in [0.717, 1.165) is 12.5 Å². The zero-order valence-electron chi connectivity index (χ0n) is 9.97. The van der Waals surface area contributed by atoms with Crippen LogP contribution < -0.4 is 0 Å². The van der Waals surface area contributed by atoms with Crippen LogP contribution in [-0.2, 0) is 5.54 Å². The maximum absolute atomic E-state index is 13.9. The van der Waals surface area contributed by atoms with Gasteiger partial charge in [0.2, 0.25) is 0 Å². The van der Waals surface area contributed by atoms with Crippen molar-refractivity contribution in [3.8, 4) is 0 Å². The number of H-pyrrole nitrogens is 1. The number of fused-ring (bicyclic) bond motifs is 1. The first-order valence-electron chi connectivity index (χ1n) is 5.47. The summed E-state index contributed by atoms with van der Waals surface area (Å²) in [6.45, 7) is 5.87. The third-order valence-corrected chi connectivity index (χ3v) is 3.49. The molecular weight excluding hydrogens is 242 g/mol. The first-order valence-corrected chi connectivity index (χ1v) is 5.88. The van der Waals surface area contributed by atoms with Crippen LogP contribution in [-0.4, -0.2) is 9.55 Å². The van der Waals surface area contributed by atoms with Crippen molar-refractivity contribution in [2.75, 3.05) is 0 Å². The predicted molar refractivity (Wildman–Crippen MR) is 66.7 cm³/mol. The highest BCUT2D eigenvalue weighted by molar-refractivity contribution is 7.71. The van der Waals surface area contributed by atoms with Crippen LogP contribution >= 0.6 is 12.2 Å². The minimum absolute atomic E-state index is 0.210. The van der Waals surface area contributed by atoms with Crippen LogP contribution in [0.4, 0.5) is 8.78 Å². The van der Waals surface area contributed by atoms with Crippen molar-refractivity contribution < 1.29 is 8.78 Å². The minimum Gasteiger partial charge on any atom is -0.330 e. The van der Waals surface area contributed by atoms with E-state index < -0.39 is 11.6 Å². The molecule has 0 saturated carbocycles. The van der Waals surface area contributed by atoms with Gasteiger partial charge in [0.15, 0.2) is 16.4 Å². The molecule has 2 nitrogen and oxygen atoms in total. The third kappa shape index (κ3) is 1.78. The number of benzene rings is 1. The van der Waals surface area contributed by atoms with E-state index in [2.05, 4.69) is 4.98 Å². The number of hydrogen-bond donors (Lipinski definition) is 1. The smallest absolute Gasteiger partial charge is 0.184 e. The summed E-state index contributed by atoms with van der Waals surface area (Å²) in [7, 11) is 0. The van der Waals surface area contributed by atoms with E-state index in [1.54, 1.807) is 4.57 Å². The molecule has 0 amide bonds. The van der Waals surface area contributed by atoms with Gasteiger partial charge in [-0.1, -0.05) is 6.92 Å². The predicted octanol–water partition coefficient (Wildman–Crippen LogP) is 4.12. The average molecular weight is 256 g/mol. The van der Waals surface area contributed by atoms with Crippen molar-refractivity contribution in [1.82, 2.24) is 9.55 Å². The fourth-order valence-electron chi connectivity index (χ4n) is 1.87. The summed E-state index contributed by atoms with van der Waals surface area (Å²) in [4.78, 5) is 2.91. The molecule has 0 aliphatic rings. The molecular formula is C12H14F2N2S. The molecule has 1 heterocycles. The number of halogens is 2. The molecule has 0 bridgehead atoms. The largest absolute Gasteiger partial charge is 0.330 e. The van der Waals surface area contributed by atoms with Gasteiger partial charge < -0.3 is 9.55 Å². The molecule has 0 unspecified atom stereocenters. The lowest BCUT2D eigenvalue weighted by Crippen LogP contribution is -2.25. The lowest BCUT2D eigenvalue weighted by atomic mass is 10.0. The van der Waals surface area contributed by atoms with Gasteiger partial charge in [0.25, 0.3) is 0 Å². The molecule has 0 aliphatic heterocycles. The zero-order chi connectivity index (χ0) is 12.8. The highest BCUT2D eigenvalue weighted by Crippen LogP contribution is 2.28. The van der Waals surface area contributed by atoms with Crippen LogP contribution in [0.5, 0.6) is 0 Å². The Morgan fingerprint density at radius 2 is 2.00 bits per heavy atom. The third-order valence-electron chi connectivity index (χ3n) is 3.21. The molecule has 0 saturated heterocycles. The van der Waals surface area contributed by atoms with Gasteiger partial charge in [-0.05, 0) is 44.6 Å².